The Morgan fingerprint density at radius 1 is 1.27 bits per heavy atom. The highest BCUT2D eigenvalue weighted by atomic mass is 16.4. The number of carboxylic acids is 1. The molecule has 0 spiro atoms. The minimum absolute atomic E-state index is 0.0112. The lowest BCUT2D eigenvalue weighted by Gasteiger charge is -2.30. The van der Waals surface area contributed by atoms with Crippen LogP contribution in [0.15, 0.2) is 0 Å². The molecule has 0 bridgehead atoms. The summed E-state index contributed by atoms with van der Waals surface area (Å²) in [6, 6.07) is 0.164. The third kappa shape index (κ3) is 3.53. The smallest absolute Gasteiger partial charge is 0.306 e. The molecule has 0 saturated heterocycles. The van der Waals surface area contributed by atoms with Crippen LogP contribution in [0.3, 0.4) is 0 Å². The molecule has 0 aromatic heterocycles. The molecule has 1 aliphatic carbocycles. The highest BCUT2D eigenvalue weighted by Crippen LogP contribution is 2.30. The Morgan fingerprint density at radius 2 is 1.80 bits per heavy atom. The average Bonchev–Trinajstić information content (AvgIpc) is 2.17. The van der Waals surface area contributed by atoms with Crippen molar-refractivity contribution in [1.82, 2.24) is 5.32 Å². The van der Waals surface area contributed by atoms with Crippen LogP contribution in [0, 0.1) is 11.8 Å². The molecule has 1 saturated carbocycles. The van der Waals surface area contributed by atoms with Gasteiger partial charge in [-0.1, -0.05) is 0 Å². The maximum atomic E-state index is 10.9. The molecule has 1 atom stereocenters. The fourth-order valence-electron chi connectivity index (χ4n) is 2.30. The van der Waals surface area contributed by atoms with Crippen molar-refractivity contribution in [2.45, 2.75) is 45.6 Å². The van der Waals surface area contributed by atoms with Crippen molar-refractivity contribution in [3.63, 3.8) is 0 Å². The normalized spacial score (nSPS) is 28.1. The molecule has 2 N–H and O–H groups in total. The van der Waals surface area contributed by atoms with Crippen molar-refractivity contribution in [3.8, 4) is 0 Å². The van der Waals surface area contributed by atoms with Crippen molar-refractivity contribution < 1.29 is 14.7 Å². The van der Waals surface area contributed by atoms with Crippen LogP contribution >= 0.6 is 0 Å². The molecule has 0 heterocycles. The van der Waals surface area contributed by atoms with Gasteiger partial charge in [-0.25, -0.2) is 0 Å². The van der Waals surface area contributed by atoms with Gasteiger partial charge in [0.2, 0.25) is 5.91 Å². The van der Waals surface area contributed by atoms with E-state index >= 15 is 0 Å². The SMILES string of the molecule is CC(=O)N[C@H](C)C1CCC(C(=O)O)CC1. The third-order valence-electron chi connectivity index (χ3n) is 3.26. The Labute approximate surface area is 90.0 Å². The Balaban J connectivity index is 2.36. The van der Waals surface area contributed by atoms with Gasteiger partial charge < -0.3 is 10.4 Å². The lowest BCUT2D eigenvalue weighted by atomic mass is 9.79. The second-order valence-electron chi connectivity index (χ2n) is 4.44. The number of hydrogen-bond donors (Lipinski definition) is 2. The van der Waals surface area contributed by atoms with Crippen LogP contribution in [-0.4, -0.2) is 23.0 Å². The Morgan fingerprint density at radius 3 is 2.20 bits per heavy atom. The number of aliphatic carboxylic acids is 1. The van der Waals surface area contributed by atoms with E-state index in [0.717, 1.165) is 25.7 Å². The second kappa shape index (κ2) is 5.14. The highest BCUT2D eigenvalue weighted by molar-refractivity contribution is 5.73. The van der Waals surface area contributed by atoms with Gasteiger partial charge in [-0.3, -0.25) is 9.59 Å². The molecule has 0 aromatic rings. The molecular formula is C11H19NO3. The molecule has 1 rings (SSSR count). The first-order chi connectivity index (χ1) is 7.00. The number of carbonyl (C=O) groups excluding carboxylic acids is 1. The number of amides is 1. The minimum Gasteiger partial charge on any atom is -0.481 e. The fourth-order valence-corrected chi connectivity index (χ4v) is 2.30. The van der Waals surface area contributed by atoms with E-state index in [2.05, 4.69) is 5.32 Å². The molecular weight excluding hydrogens is 194 g/mol. The first-order valence-electron chi connectivity index (χ1n) is 5.50. The van der Waals surface area contributed by atoms with Gasteiger partial charge in [-0.05, 0) is 38.5 Å². The van der Waals surface area contributed by atoms with Crippen LogP contribution in [-0.2, 0) is 9.59 Å². The van der Waals surface area contributed by atoms with Crippen LogP contribution in [0.1, 0.15) is 39.5 Å². The molecule has 4 heteroatoms. The van der Waals surface area contributed by atoms with Gasteiger partial charge in [-0.15, -0.1) is 0 Å². The summed E-state index contributed by atoms with van der Waals surface area (Å²) < 4.78 is 0. The Kier molecular flexibility index (Phi) is 4.12. The van der Waals surface area contributed by atoms with E-state index in [1.165, 1.54) is 6.92 Å². The van der Waals surface area contributed by atoms with Crippen molar-refractivity contribution in [3.05, 3.63) is 0 Å². The van der Waals surface area contributed by atoms with E-state index in [1.807, 2.05) is 6.92 Å². The summed E-state index contributed by atoms with van der Waals surface area (Å²) in [7, 11) is 0. The standard InChI is InChI=1S/C11H19NO3/c1-7(12-8(2)13)9-3-5-10(6-4-9)11(14)15/h7,9-10H,3-6H2,1-2H3,(H,12,13)(H,14,15)/t7-,9?,10?/m1/s1. The monoisotopic (exact) mass is 213 g/mol. The molecule has 0 unspecified atom stereocenters. The van der Waals surface area contributed by atoms with Gasteiger partial charge in [0, 0.05) is 13.0 Å². The third-order valence-corrected chi connectivity index (χ3v) is 3.26. The largest absolute Gasteiger partial charge is 0.481 e. The second-order valence-corrected chi connectivity index (χ2v) is 4.44. The molecule has 0 aromatic carbocycles. The van der Waals surface area contributed by atoms with Crippen LogP contribution in [0.2, 0.25) is 0 Å². The summed E-state index contributed by atoms with van der Waals surface area (Å²) in [4.78, 5) is 21.6. The number of hydrogen-bond acceptors (Lipinski definition) is 2. The molecule has 1 fully saturated rings. The van der Waals surface area contributed by atoms with Crippen LogP contribution in [0.4, 0.5) is 0 Å². The van der Waals surface area contributed by atoms with Crippen molar-refractivity contribution in [2.75, 3.05) is 0 Å². The number of nitrogens with one attached hydrogen (secondary N) is 1. The van der Waals surface area contributed by atoms with Gasteiger partial charge in [0.25, 0.3) is 0 Å². The van der Waals surface area contributed by atoms with Crippen molar-refractivity contribution in [1.29, 1.82) is 0 Å². The van der Waals surface area contributed by atoms with Gasteiger partial charge in [0.15, 0.2) is 0 Å². The molecule has 0 aliphatic heterocycles. The van der Waals surface area contributed by atoms with Gasteiger partial charge in [0.1, 0.15) is 0 Å². The topological polar surface area (TPSA) is 66.4 Å². The van der Waals surface area contributed by atoms with Gasteiger partial charge in [0.05, 0.1) is 5.92 Å². The predicted octanol–water partition coefficient (Wildman–Crippen LogP) is 1.40. The van der Waals surface area contributed by atoms with Crippen molar-refractivity contribution >= 4 is 11.9 Å². The lowest BCUT2D eigenvalue weighted by Crippen LogP contribution is -2.39. The van der Waals surface area contributed by atoms with Crippen LogP contribution in [0.5, 0.6) is 0 Å². The quantitative estimate of drug-likeness (QED) is 0.744. The predicted molar refractivity (Wildman–Crippen MR) is 56.4 cm³/mol. The molecule has 86 valence electrons. The fraction of sp³-hybridized carbons (Fsp3) is 0.818. The first-order valence-corrected chi connectivity index (χ1v) is 5.50. The van der Waals surface area contributed by atoms with E-state index in [1.54, 1.807) is 0 Å². The minimum atomic E-state index is -0.680. The summed E-state index contributed by atoms with van der Waals surface area (Å²) in [5, 5.41) is 11.7. The van der Waals surface area contributed by atoms with E-state index in [-0.39, 0.29) is 17.9 Å². The van der Waals surface area contributed by atoms with Crippen LogP contribution < -0.4 is 5.32 Å². The van der Waals surface area contributed by atoms with E-state index < -0.39 is 5.97 Å². The molecule has 1 aliphatic rings. The summed E-state index contributed by atoms with van der Waals surface area (Å²) in [5.41, 5.74) is 0. The summed E-state index contributed by atoms with van der Waals surface area (Å²) >= 11 is 0. The van der Waals surface area contributed by atoms with Gasteiger partial charge in [-0.2, -0.15) is 0 Å². The summed E-state index contributed by atoms with van der Waals surface area (Å²) in [5.74, 6) is -0.432. The number of carbonyl (C=O) groups is 2. The van der Waals surface area contributed by atoms with Crippen LogP contribution in [0.25, 0.3) is 0 Å². The van der Waals surface area contributed by atoms with Crippen molar-refractivity contribution in [2.24, 2.45) is 11.8 Å². The molecule has 0 radical (unpaired) electrons. The highest BCUT2D eigenvalue weighted by Gasteiger charge is 2.28. The zero-order valence-electron chi connectivity index (χ0n) is 9.32. The number of rotatable bonds is 3. The zero-order valence-corrected chi connectivity index (χ0v) is 9.32. The Hall–Kier alpha value is -1.06. The average molecular weight is 213 g/mol. The molecule has 1 amide bonds. The summed E-state index contributed by atoms with van der Waals surface area (Å²) in [6.07, 6.45) is 3.28. The molecule has 4 nitrogen and oxygen atoms in total. The van der Waals surface area contributed by atoms with E-state index in [4.69, 9.17) is 5.11 Å². The van der Waals surface area contributed by atoms with E-state index in [0.29, 0.717) is 5.92 Å². The maximum absolute atomic E-state index is 10.9. The number of carboxylic acid groups (broad SMARTS) is 1. The van der Waals surface area contributed by atoms with Gasteiger partial charge >= 0.3 is 5.97 Å². The molecule has 15 heavy (non-hydrogen) atoms. The zero-order chi connectivity index (χ0) is 11.4. The summed E-state index contributed by atoms with van der Waals surface area (Å²) in [6.45, 7) is 3.51. The first kappa shape index (κ1) is 12.0. The Bertz CT molecular complexity index is 244. The lowest BCUT2D eigenvalue weighted by molar-refractivity contribution is -0.143. The maximum Gasteiger partial charge on any atom is 0.306 e. The van der Waals surface area contributed by atoms with E-state index in [9.17, 15) is 9.59 Å².